The van der Waals surface area contributed by atoms with Gasteiger partial charge in [-0.3, -0.25) is 9.80 Å². The van der Waals surface area contributed by atoms with Crippen molar-refractivity contribution < 1.29 is 4.74 Å². The molecule has 88 valence electrons. The van der Waals surface area contributed by atoms with Crippen LogP contribution in [0.1, 0.15) is 27.7 Å². The van der Waals surface area contributed by atoms with Crippen molar-refractivity contribution in [3.8, 4) is 0 Å². The van der Waals surface area contributed by atoms with Gasteiger partial charge in [0, 0.05) is 24.7 Å². The zero-order valence-corrected chi connectivity index (χ0v) is 10.7. The number of hydrogen-bond acceptors (Lipinski definition) is 3. The molecule has 3 heteroatoms. The lowest BCUT2D eigenvalue weighted by atomic mass is 10.0. The van der Waals surface area contributed by atoms with Gasteiger partial charge in [0.05, 0.1) is 18.8 Å². The lowest BCUT2D eigenvalue weighted by molar-refractivity contribution is -0.0422. The fourth-order valence-electron chi connectivity index (χ4n) is 3.15. The van der Waals surface area contributed by atoms with Crippen LogP contribution in [-0.4, -0.2) is 60.3 Å². The van der Waals surface area contributed by atoms with E-state index in [0.29, 0.717) is 18.2 Å². The van der Waals surface area contributed by atoms with Crippen LogP contribution in [-0.2, 0) is 4.74 Å². The van der Waals surface area contributed by atoms with E-state index in [4.69, 9.17) is 4.74 Å². The lowest BCUT2D eigenvalue weighted by Gasteiger charge is -2.39. The Morgan fingerprint density at radius 1 is 1.27 bits per heavy atom. The highest BCUT2D eigenvalue weighted by atomic mass is 16.5. The molecule has 0 N–H and O–H groups in total. The third kappa shape index (κ3) is 1.93. The number of ether oxygens (including phenoxy) is 1. The molecular formula is C12H24N2O. The van der Waals surface area contributed by atoms with E-state index < -0.39 is 0 Å². The van der Waals surface area contributed by atoms with Gasteiger partial charge < -0.3 is 4.74 Å². The summed E-state index contributed by atoms with van der Waals surface area (Å²) in [6.07, 6.45) is 0.415. The van der Waals surface area contributed by atoms with E-state index in [1.807, 2.05) is 0 Å². The van der Waals surface area contributed by atoms with E-state index in [-0.39, 0.29) is 5.54 Å². The third-order valence-corrected chi connectivity index (χ3v) is 3.89. The molecule has 2 aliphatic rings. The Labute approximate surface area is 93.4 Å². The SMILES string of the molecule is C[C@H]1C2C(CN1C(C)(C)C)OCCN2C. The van der Waals surface area contributed by atoms with Crippen molar-refractivity contribution in [1.82, 2.24) is 9.80 Å². The zero-order chi connectivity index (χ0) is 11.2. The summed E-state index contributed by atoms with van der Waals surface area (Å²) in [5, 5.41) is 0. The van der Waals surface area contributed by atoms with Gasteiger partial charge in [0.1, 0.15) is 0 Å². The predicted molar refractivity (Wildman–Crippen MR) is 62.1 cm³/mol. The minimum atomic E-state index is 0.251. The van der Waals surface area contributed by atoms with Gasteiger partial charge in [-0.05, 0) is 34.7 Å². The molecule has 0 bridgehead atoms. The maximum atomic E-state index is 5.88. The Morgan fingerprint density at radius 2 is 1.93 bits per heavy atom. The van der Waals surface area contributed by atoms with Gasteiger partial charge in [0.15, 0.2) is 0 Å². The average molecular weight is 212 g/mol. The number of fused-ring (bicyclic) bond motifs is 1. The summed E-state index contributed by atoms with van der Waals surface area (Å²) in [6, 6.07) is 1.18. The first-order valence-electron chi connectivity index (χ1n) is 6.00. The second kappa shape index (κ2) is 3.72. The van der Waals surface area contributed by atoms with Gasteiger partial charge in [-0.15, -0.1) is 0 Å². The zero-order valence-electron chi connectivity index (χ0n) is 10.7. The second-order valence-corrected chi connectivity index (χ2v) is 5.94. The van der Waals surface area contributed by atoms with Crippen molar-refractivity contribution in [2.75, 3.05) is 26.7 Å². The molecule has 3 atom stereocenters. The predicted octanol–water partition coefficient (Wildman–Crippen LogP) is 1.19. The number of morpholine rings is 1. The Morgan fingerprint density at radius 3 is 2.47 bits per heavy atom. The van der Waals surface area contributed by atoms with Crippen LogP contribution in [0.4, 0.5) is 0 Å². The van der Waals surface area contributed by atoms with Crippen molar-refractivity contribution in [2.45, 2.75) is 51.4 Å². The third-order valence-electron chi connectivity index (χ3n) is 3.89. The molecule has 2 unspecified atom stereocenters. The van der Waals surface area contributed by atoms with Crippen molar-refractivity contribution >= 4 is 0 Å². The molecule has 2 saturated heterocycles. The molecule has 2 rings (SSSR count). The number of rotatable bonds is 0. The van der Waals surface area contributed by atoms with Crippen LogP contribution >= 0.6 is 0 Å². The van der Waals surface area contributed by atoms with E-state index in [2.05, 4.69) is 44.5 Å². The molecule has 3 nitrogen and oxygen atoms in total. The Bertz CT molecular complexity index is 234. The van der Waals surface area contributed by atoms with E-state index in [1.54, 1.807) is 0 Å². The molecule has 15 heavy (non-hydrogen) atoms. The maximum absolute atomic E-state index is 5.88. The monoisotopic (exact) mass is 212 g/mol. The van der Waals surface area contributed by atoms with Crippen LogP contribution in [0.3, 0.4) is 0 Å². The van der Waals surface area contributed by atoms with Gasteiger partial charge in [0.2, 0.25) is 0 Å². The Hall–Kier alpha value is -0.120. The first-order valence-corrected chi connectivity index (χ1v) is 6.00. The molecule has 0 radical (unpaired) electrons. The van der Waals surface area contributed by atoms with Crippen molar-refractivity contribution in [2.24, 2.45) is 0 Å². The standard InChI is InChI=1S/C12H24N2O/c1-9-11-10(15-7-6-13(11)5)8-14(9)12(2,3)4/h9-11H,6-8H2,1-5H3/t9-,10?,11?/m0/s1. The summed E-state index contributed by atoms with van der Waals surface area (Å²) >= 11 is 0. The lowest BCUT2D eigenvalue weighted by Crippen LogP contribution is -2.52. The highest BCUT2D eigenvalue weighted by Gasteiger charge is 2.47. The van der Waals surface area contributed by atoms with Crippen LogP contribution in [0.25, 0.3) is 0 Å². The molecule has 0 saturated carbocycles. The summed E-state index contributed by atoms with van der Waals surface area (Å²) in [4.78, 5) is 5.04. The summed E-state index contributed by atoms with van der Waals surface area (Å²) in [7, 11) is 2.23. The van der Waals surface area contributed by atoms with Crippen LogP contribution in [0.15, 0.2) is 0 Å². The van der Waals surface area contributed by atoms with E-state index in [9.17, 15) is 0 Å². The van der Waals surface area contributed by atoms with Crippen LogP contribution in [0, 0.1) is 0 Å². The molecule has 0 aromatic carbocycles. The average Bonchev–Trinajstić information content (AvgIpc) is 2.44. The first-order chi connectivity index (χ1) is 6.91. The molecule has 2 heterocycles. The second-order valence-electron chi connectivity index (χ2n) is 5.94. The number of nitrogens with zero attached hydrogens (tertiary/aromatic N) is 2. The Kier molecular flexibility index (Phi) is 2.82. The summed E-state index contributed by atoms with van der Waals surface area (Å²) in [5.74, 6) is 0. The molecular weight excluding hydrogens is 188 g/mol. The fourth-order valence-corrected chi connectivity index (χ4v) is 3.15. The highest BCUT2D eigenvalue weighted by Crippen LogP contribution is 2.32. The largest absolute Gasteiger partial charge is 0.374 e. The Balaban J connectivity index is 2.15. The molecule has 0 aliphatic carbocycles. The summed E-state index contributed by atoms with van der Waals surface area (Å²) in [6.45, 7) is 12.3. The molecule has 2 fully saturated rings. The maximum Gasteiger partial charge on any atom is 0.0872 e. The van der Waals surface area contributed by atoms with Gasteiger partial charge in [0.25, 0.3) is 0 Å². The van der Waals surface area contributed by atoms with E-state index >= 15 is 0 Å². The molecule has 0 aromatic rings. The highest BCUT2D eigenvalue weighted by molar-refractivity contribution is 5.02. The first kappa shape index (κ1) is 11.4. The quantitative estimate of drug-likeness (QED) is 0.600. The molecule has 0 spiro atoms. The minimum Gasteiger partial charge on any atom is -0.374 e. The fraction of sp³-hybridized carbons (Fsp3) is 1.00. The number of hydrogen-bond donors (Lipinski definition) is 0. The van der Waals surface area contributed by atoms with Crippen LogP contribution in [0.5, 0.6) is 0 Å². The van der Waals surface area contributed by atoms with Crippen LogP contribution in [0.2, 0.25) is 0 Å². The number of likely N-dealkylation sites (tertiary alicyclic amines) is 1. The van der Waals surface area contributed by atoms with Crippen molar-refractivity contribution in [1.29, 1.82) is 0 Å². The van der Waals surface area contributed by atoms with E-state index in [1.165, 1.54) is 0 Å². The molecule has 0 aromatic heterocycles. The van der Waals surface area contributed by atoms with Crippen molar-refractivity contribution in [3.05, 3.63) is 0 Å². The number of likely N-dealkylation sites (N-methyl/N-ethyl adjacent to an activating group) is 1. The van der Waals surface area contributed by atoms with Gasteiger partial charge in [-0.1, -0.05) is 0 Å². The van der Waals surface area contributed by atoms with Gasteiger partial charge in [-0.2, -0.15) is 0 Å². The van der Waals surface area contributed by atoms with Gasteiger partial charge in [-0.25, -0.2) is 0 Å². The normalized spacial score (nSPS) is 39.4. The molecule has 0 amide bonds. The topological polar surface area (TPSA) is 15.7 Å². The van der Waals surface area contributed by atoms with E-state index in [0.717, 1.165) is 19.7 Å². The van der Waals surface area contributed by atoms with Crippen LogP contribution < -0.4 is 0 Å². The smallest absolute Gasteiger partial charge is 0.0872 e. The minimum absolute atomic E-state index is 0.251. The van der Waals surface area contributed by atoms with Crippen molar-refractivity contribution in [3.63, 3.8) is 0 Å². The van der Waals surface area contributed by atoms with Gasteiger partial charge >= 0.3 is 0 Å². The summed E-state index contributed by atoms with van der Waals surface area (Å²) < 4.78 is 5.88. The summed E-state index contributed by atoms with van der Waals surface area (Å²) in [5.41, 5.74) is 0.251. The molecule has 2 aliphatic heterocycles.